The van der Waals surface area contributed by atoms with Crippen molar-refractivity contribution in [3.63, 3.8) is 0 Å². The highest BCUT2D eigenvalue weighted by Crippen LogP contribution is 1.83. The SMILES string of the molecule is [2H]c1nc([2H])n(CC(=O)O)c1[2H]. The minimum Gasteiger partial charge on any atom is -0.480 e. The molecule has 1 aromatic rings. The number of hydrogen-bond donors (Lipinski definition) is 1. The molecule has 1 N–H and O–H groups in total. The van der Waals surface area contributed by atoms with Crippen LogP contribution in [0.25, 0.3) is 0 Å². The van der Waals surface area contributed by atoms with Gasteiger partial charge in [0.1, 0.15) is 7.92 Å². The smallest absolute Gasteiger partial charge is 0.323 e. The van der Waals surface area contributed by atoms with Crippen molar-refractivity contribution in [1.82, 2.24) is 9.55 Å². The summed E-state index contributed by atoms with van der Waals surface area (Å²) in [5.74, 6) is -1.16. The standard InChI is InChI=1S/C5H6N2O2/c8-5(9)3-7-2-1-6-4-7/h1-2,4H,3H2,(H,8,9)/i1D,2D,4D. The first kappa shape index (κ1) is 3.00. The maximum atomic E-state index is 10.2. The summed E-state index contributed by atoms with van der Waals surface area (Å²) in [4.78, 5) is 13.5. The Kier molecular flexibility index (Phi) is 0.768. The van der Waals surface area contributed by atoms with Crippen LogP contribution in [-0.2, 0) is 11.3 Å². The van der Waals surface area contributed by atoms with E-state index in [0.717, 1.165) is 4.57 Å². The molecule has 0 radical (unpaired) electrons. The van der Waals surface area contributed by atoms with Gasteiger partial charge in [-0.05, 0) is 0 Å². The summed E-state index contributed by atoms with van der Waals surface area (Å²) in [5, 5.41) is 8.35. The van der Waals surface area contributed by atoms with Crippen LogP contribution in [0.4, 0.5) is 0 Å². The van der Waals surface area contributed by atoms with E-state index in [1.54, 1.807) is 0 Å². The van der Waals surface area contributed by atoms with Crippen molar-refractivity contribution in [2.75, 3.05) is 0 Å². The Labute approximate surface area is 56.0 Å². The predicted octanol–water partition coefficient (Wildman–Crippen LogP) is -0.0323. The molecule has 1 heterocycles. The van der Waals surface area contributed by atoms with Crippen LogP contribution in [0.3, 0.4) is 0 Å². The Morgan fingerprint density at radius 1 is 2.00 bits per heavy atom. The van der Waals surface area contributed by atoms with Crippen LogP contribution in [0.2, 0.25) is 0 Å². The van der Waals surface area contributed by atoms with Gasteiger partial charge in [-0.1, -0.05) is 0 Å². The molecule has 4 nitrogen and oxygen atoms in total. The second-order valence-corrected chi connectivity index (χ2v) is 1.42. The van der Waals surface area contributed by atoms with Gasteiger partial charge in [-0.2, -0.15) is 0 Å². The van der Waals surface area contributed by atoms with E-state index in [1.165, 1.54) is 0 Å². The lowest BCUT2D eigenvalue weighted by Gasteiger charge is -1.91. The van der Waals surface area contributed by atoms with Crippen molar-refractivity contribution in [3.05, 3.63) is 18.6 Å². The van der Waals surface area contributed by atoms with Crippen molar-refractivity contribution in [3.8, 4) is 0 Å². The van der Waals surface area contributed by atoms with Crippen molar-refractivity contribution in [1.29, 1.82) is 0 Å². The second kappa shape index (κ2) is 2.30. The van der Waals surface area contributed by atoms with Gasteiger partial charge < -0.3 is 9.67 Å². The lowest BCUT2D eigenvalue weighted by molar-refractivity contribution is -0.137. The molecule has 0 bridgehead atoms. The Hall–Kier alpha value is -1.32. The summed E-state index contributed by atoms with van der Waals surface area (Å²) < 4.78 is 22.0. The Bertz CT molecular complexity index is 323. The van der Waals surface area contributed by atoms with Crippen LogP contribution in [0.5, 0.6) is 0 Å². The molecule has 0 aliphatic carbocycles. The molecule has 0 aliphatic rings. The summed E-state index contributed by atoms with van der Waals surface area (Å²) in [5.41, 5.74) is 0. The zero-order valence-electron chi connectivity index (χ0n) is 7.46. The number of aromatic nitrogens is 2. The third kappa shape index (κ3) is 1.56. The number of nitrogens with zero attached hydrogens (tertiary/aromatic N) is 2. The van der Waals surface area contributed by atoms with Crippen molar-refractivity contribution < 1.29 is 14.0 Å². The normalized spacial score (nSPS) is 14.0. The van der Waals surface area contributed by atoms with E-state index in [4.69, 9.17) is 9.22 Å². The molecule has 0 aliphatic heterocycles. The highest BCUT2D eigenvalue weighted by Gasteiger charge is 1.94. The first-order valence-corrected chi connectivity index (χ1v) is 2.24. The first-order chi connectivity index (χ1) is 5.52. The summed E-state index contributed by atoms with van der Waals surface area (Å²) in [6.07, 6.45) is -1.09. The number of hydrogen-bond acceptors (Lipinski definition) is 2. The average Bonchev–Trinajstić information content (AvgIpc) is 2.16. The Morgan fingerprint density at radius 2 is 2.78 bits per heavy atom. The van der Waals surface area contributed by atoms with E-state index in [9.17, 15) is 4.79 Å². The highest BCUT2D eigenvalue weighted by atomic mass is 16.4. The van der Waals surface area contributed by atoms with Crippen molar-refractivity contribution in [2.24, 2.45) is 0 Å². The molecule has 0 unspecified atom stereocenters. The highest BCUT2D eigenvalue weighted by molar-refractivity contribution is 5.66. The van der Waals surface area contributed by atoms with Gasteiger partial charge in [-0.25, -0.2) is 4.98 Å². The molecule has 0 saturated heterocycles. The lowest BCUT2D eigenvalue weighted by atomic mass is 10.6. The molecule has 48 valence electrons. The largest absolute Gasteiger partial charge is 0.480 e. The number of imidazole rings is 1. The van der Waals surface area contributed by atoms with E-state index in [2.05, 4.69) is 4.98 Å². The number of carboxylic acids is 1. The zero-order chi connectivity index (χ0) is 9.30. The summed E-state index contributed by atoms with van der Waals surface area (Å²) >= 11 is 0. The maximum Gasteiger partial charge on any atom is 0.323 e. The van der Waals surface area contributed by atoms with Gasteiger partial charge in [0.25, 0.3) is 0 Å². The van der Waals surface area contributed by atoms with Gasteiger partial charge in [0.2, 0.25) is 0 Å². The molecule has 0 saturated carbocycles. The third-order valence-corrected chi connectivity index (χ3v) is 0.705. The topological polar surface area (TPSA) is 55.1 Å². The fourth-order valence-electron chi connectivity index (χ4n) is 0.406. The van der Waals surface area contributed by atoms with Gasteiger partial charge in [-0.15, -0.1) is 0 Å². The predicted molar refractivity (Wildman–Crippen MR) is 29.9 cm³/mol. The molecular weight excluding hydrogens is 120 g/mol. The second-order valence-electron chi connectivity index (χ2n) is 1.42. The van der Waals surface area contributed by atoms with Gasteiger partial charge in [0.05, 0.1) is 9.04 Å². The molecule has 0 fully saturated rings. The fraction of sp³-hybridized carbons (Fsp3) is 0.200. The number of rotatable bonds is 2. The Balaban J connectivity index is 3.05. The van der Waals surface area contributed by atoms with E-state index in [-0.39, 0.29) is 18.6 Å². The van der Waals surface area contributed by atoms with Crippen LogP contribution in [0.1, 0.15) is 4.11 Å². The van der Waals surface area contributed by atoms with Gasteiger partial charge in [0, 0.05) is 12.3 Å². The lowest BCUT2D eigenvalue weighted by Crippen LogP contribution is -2.05. The third-order valence-electron chi connectivity index (χ3n) is 0.705. The molecule has 0 amide bonds. The molecule has 4 heteroatoms. The molecule has 1 rings (SSSR count). The first-order valence-electron chi connectivity index (χ1n) is 3.74. The molecule has 9 heavy (non-hydrogen) atoms. The van der Waals surface area contributed by atoms with Crippen LogP contribution < -0.4 is 0 Å². The van der Waals surface area contributed by atoms with E-state index >= 15 is 0 Å². The van der Waals surface area contributed by atoms with Crippen LogP contribution in [0, 0.1) is 0 Å². The van der Waals surface area contributed by atoms with Crippen LogP contribution >= 0.6 is 0 Å². The monoisotopic (exact) mass is 129 g/mol. The zero-order valence-corrected chi connectivity index (χ0v) is 4.46. The number of carbonyl (C=O) groups is 1. The molecule has 1 aromatic heterocycles. The molecular formula is C5H6N2O2. The van der Waals surface area contributed by atoms with E-state index < -0.39 is 12.5 Å². The quantitative estimate of drug-likeness (QED) is 0.610. The Morgan fingerprint density at radius 3 is 3.22 bits per heavy atom. The minimum atomic E-state index is -1.16. The summed E-state index contributed by atoms with van der Waals surface area (Å²) in [6.45, 7) is -0.496. The number of aliphatic carboxylic acids is 1. The van der Waals surface area contributed by atoms with Crippen LogP contribution in [-0.4, -0.2) is 20.6 Å². The molecule has 0 spiro atoms. The van der Waals surface area contributed by atoms with Gasteiger partial charge in [0.15, 0.2) is 0 Å². The van der Waals surface area contributed by atoms with Gasteiger partial charge >= 0.3 is 5.97 Å². The molecule has 0 atom stereocenters. The average molecular weight is 129 g/mol. The van der Waals surface area contributed by atoms with Crippen molar-refractivity contribution in [2.45, 2.75) is 6.54 Å². The van der Waals surface area contributed by atoms with Gasteiger partial charge in [-0.3, -0.25) is 4.79 Å². The minimum absolute atomic E-state index is 0.345. The summed E-state index contributed by atoms with van der Waals surface area (Å²) in [6, 6.07) is 0. The summed E-state index contributed by atoms with van der Waals surface area (Å²) in [7, 11) is 0. The molecule has 0 aromatic carbocycles. The van der Waals surface area contributed by atoms with E-state index in [1.807, 2.05) is 0 Å². The maximum absolute atomic E-state index is 10.2. The fourth-order valence-corrected chi connectivity index (χ4v) is 0.406. The van der Waals surface area contributed by atoms with Crippen molar-refractivity contribution >= 4 is 5.97 Å². The van der Waals surface area contributed by atoms with Crippen LogP contribution in [0.15, 0.2) is 18.6 Å². The van der Waals surface area contributed by atoms with E-state index in [0.29, 0.717) is 0 Å². The number of carboxylic acid groups (broad SMARTS) is 1.